The predicted molar refractivity (Wildman–Crippen MR) is 68.7 cm³/mol. The quantitative estimate of drug-likeness (QED) is 0.818. The Kier molecular flexibility index (Phi) is 5.31. The molecule has 1 amide bonds. The molecule has 5 heteroatoms. The number of carbonyl (C=O) groups excluding carboxylic acids is 1. The molecule has 92 valence electrons. The molecule has 1 aromatic rings. The second-order valence-corrected chi connectivity index (χ2v) is 4.44. The first-order valence-electron chi connectivity index (χ1n) is 5.12. The molecule has 0 bridgehead atoms. The van der Waals surface area contributed by atoms with E-state index in [1.807, 2.05) is 0 Å². The first kappa shape index (κ1) is 13.9. The number of amides is 1. The molecule has 3 N–H and O–H groups in total. The maximum atomic E-state index is 13.0. The minimum absolute atomic E-state index is 0.238. The molecule has 1 unspecified atom stereocenters. The maximum absolute atomic E-state index is 13.0. The van der Waals surface area contributed by atoms with Crippen LogP contribution in [0.15, 0.2) is 35.3 Å². The molecule has 0 aromatic heterocycles. The van der Waals surface area contributed by atoms with Gasteiger partial charge in [0.1, 0.15) is 5.82 Å². The zero-order valence-corrected chi connectivity index (χ0v) is 10.8. The van der Waals surface area contributed by atoms with Gasteiger partial charge in [0, 0.05) is 11.0 Å². The van der Waals surface area contributed by atoms with Crippen molar-refractivity contribution in [3.63, 3.8) is 0 Å². The molecule has 0 saturated heterocycles. The summed E-state index contributed by atoms with van der Waals surface area (Å²) >= 11 is 3.28. The molecule has 0 heterocycles. The number of nitrogens with two attached hydrogens (primary N) is 1. The molecule has 0 saturated carbocycles. The molecule has 0 aliphatic carbocycles. The minimum Gasteiger partial charge on any atom is -0.351 e. The molecule has 0 spiro atoms. The summed E-state index contributed by atoms with van der Waals surface area (Å²) in [6.07, 6.45) is 2.00. The van der Waals surface area contributed by atoms with E-state index in [0.717, 1.165) is 4.47 Å². The molecule has 0 aliphatic rings. The SMILES string of the molecule is C=CCC(N)C(=O)NCc1cc(F)ccc1Br. The number of rotatable bonds is 5. The van der Waals surface area contributed by atoms with Gasteiger partial charge in [-0.25, -0.2) is 4.39 Å². The first-order chi connectivity index (χ1) is 8.04. The highest BCUT2D eigenvalue weighted by Gasteiger charge is 2.11. The number of benzene rings is 1. The van der Waals surface area contributed by atoms with Crippen molar-refractivity contribution < 1.29 is 9.18 Å². The van der Waals surface area contributed by atoms with Crippen molar-refractivity contribution >= 4 is 21.8 Å². The van der Waals surface area contributed by atoms with Gasteiger partial charge in [-0.1, -0.05) is 22.0 Å². The number of hydrogen-bond acceptors (Lipinski definition) is 2. The summed E-state index contributed by atoms with van der Waals surface area (Å²) < 4.78 is 13.7. The summed E-state index contributed by atoms with van der Waals surface area (Å²) in [5, 5.41) is 2.64. The van der Waals surface area contributed by atoms with Crippen molar-refractivity contribution in [2.75, 3.05) is 0 Å². The summed E-state index contributed by atoms with van der Waals surface area (Å²) in [5.41, 5.74) is 6.26. The van der Waals surface area contributed by atoms with Crippen LogP contribution in [-0.2, 0) is 11.3 Å². The fourth-order valence-electron chi connectivity index (χ4n) is 1.28. The molecule has 17 heavy (non-hydrogen) atoms. The van der Waals surface area contributed by atoms with E-state index in [1.54, 1.807) is 12.1 Å². The molecule has 1 rings (SSSR count). The van der Waals surface area contributed by atoms with Crippen molar-refractivity contribution in [1.29, 1.82) is 0 Å². The number of halogens is 2. The van der Waals surface area contributed by atoms with Gasteiger partial charge in [0.2, 0.25) is 5.91 Å². The fraction of sp³-hybridized carbons (Fsp3) is 0.250. The Morgan fingerprint density at radius 1 is 1.65 bits per heavy atom. The molecule has 0 aliphatic heterocycles. The first-order valence-corrected chi connectivity index (χ1v) is 5.92. The Morgan fingerprint density at radius 2 is 2.35 bits per heavy atom. The summed E-state index contributed by atoms with van der Waals surface area (Å²) in [6, 6.07) is 3.70. The molecule has 0 radical (unpaired) electrons. The Labute approximate surface area is 108 Å². The molecule has 3 nitrogen and oxygen atoms in total. The second-order valence-electron chi connectivity index (χ2n) is 3.58. The third-order valence-corrected chi connectivity index (χ3v) is 2.99. The zero-order chi connectivity index (χ0) is 12.8. The van der Waals surface area contributed by atoms with Crippen molar-refractivity contribution in [2.45, 2.75) is 19.0 Å². The third-order valence-electron chi connectivity index (χ3n) is 2.22. The van der Waals surface area contributed by atoms with Gasteiger partial charge in [-0.05, 0) is 30.2 Å². The highest BCUT2D eigenvalue weighted by Crippen LogP contribution is 2.17. The Hall–Kier alpha value is -1.20. The van der Waals surface area contributed by atoms with Gasteiger partial charge < -0.3 is 11.1 Å². The van der Waals surface area contributed by atoms with Crippen LogP contribution in [-0.4, -0.2) is 11.9 Å². The van der Waals surface area contributed by atoms with Gasteiger partial charge in [-0.3, -0.25) is 4.79 Å². The van der Waals surface area contributed by atoms with E-state index in [9.17, 15) is 9.18 Å². The molecule has 1 atom stereocenters. The molecular formula is C12H14BrFN2O. The lowest BCUT2D eigenvalue weighted by Crippen LogP contribution is -2.39. The highest BCUT2D eigenvalue weighted by atomic mass is 79.9. The van der Waals surface area contributed by atoms with Gasteiger partial charge in [0.25, 0.3) is 0 Å². The van der Waals surface area contributed by atoms with Crippen molar-refractivity contribution in [3.8, 4) is 0 Å². The van der Waals surface area contributed by atoms with Gasteiger partial charge in [-0.2, -0.15) is 0 Å². The topological polar surface area (TPSA) is 55.1 Å². The maximum Gasteiger partial charge on any atom is 0.237 e. The molecule has 1 aromatic carbocycles. The Balaban J connectivity index is 2.58. The van der Waals surface area contributed by atoms with Crippen molar-refractivity contribution in [3.05, 3.63) is 46.7 Å². The third kappa shape index (κ3) is 4.28. The van der Waals surface area contributed by atoms with Gasteiger partial charge in [0.15, 0.2) is 0 Å². The molecular weight excluding hydrogens is 287 g/mol. The smallest absolute Gasteiger partial charge is 0.237 e. The summed E-state index contributed by atoms with van der Waals surface area (Å²) in [6.45, 7) is 3.75. The molecule has 0 fully saturated rings. The van der Waals surface area contributed by atoms with E-state index < -0.39 is 6.04 Å². The predicted octanol–water partition coefficient (Wildman–Crippen LogP) is 2.11. The van der Waals surface area contributed by atoms with Crippen molar-refractivity contribution in [2.24, 2.45) is 5.73 Å². The van der Waals surface area contributed by atoms with Crippen LogP contribution in [0, 0.1) is 5.82 Å². The second kappa shape index (κ2) is 6.51. The lowest BCUT2D eigenvalue weighted by Gasteiger charge is -2.11. The Bertz CT molecular complexity index is 423. The average molecular weight is 301 g/mol. The van der Waals surface area contributed by atoms with E-state index in [0.29, 0.717) is 12.0 Å². The van der Waals surface area contributed by atoms with Crippen LogP contribution in [0.3, 0.4) is 0 Å². The van der Waals surface area contributed by atoms with E-state index in [-0.39, 0.29) is 18.3 Å². The lowest BCUT2D eigenvalue weighted by molar-refractivity contribution is -0.122. The largest absolute Gasteiger partial charge is 0.351 e. The lowest BCUT2D eigenvalue weighted by atomic mass is 10.2. The van der Waals surface area contributed by atoms with Gasteiger partial charge in [-0.15, -0.1) is 6.58 Å². The summed E-state index contributed by atoms with van der Waals surface area (Å²) in [4.78, 5) is 11.5. The van der Waals surface area contributed by atoms with Crippen LogP contribution in [0.1, 0.15) is 12.0 Å². The van der Waals surface area contributed by atoms with E-state index >= 15 is 0 Å². The Morgan fingerprint density at radius 3 is 3.00 bits per heavy atom. The van der Waals surface area contributed by atoms with Crippen LogP contribution in [0.25, 0.3) is 0 Å². The van der Waals surface area contributed by atoms with Gasteiger partial charge in [0.05, 0.1) is 6.04 Å². The van der Waals surface area contributed by atoms with Crippen molar-refractivity contribution in [1.82, 2.24) is 5.32 Å². The van der Waals surface area contributed by atoms with E-state index in [1.165, 1.54) is 12.1 Å². The van der Waals surface area contributed by atoms with Crippen LogP contribution >= 0.6 is 15.9 Å². The van der Waals surface area contributed by atoms with Crippen LogP contribution in [0.2, 0.25) is 0 Å². The highest BCUT2D eigenvalue weighted by molar-refractivity contribution is 9.10. The van der Waals surface area contributed by atoms with Crippen LogP contribution in [0.4, 0.5) is 4.39 Å². The average Bonchev–Trinajstić information content (AvgIpc) is 2.30. The van der Waals surface area contributed by atoms with Crippen LogP contribution in [0.5, 0.6) is 0 Å². The normalized spacial score (nSPS) is 11.9. The monoisotopic (exact) mass is 300 g/mol. The number of nitrogens with one attached hydrogen (secondary N) is 1. The minimum atomic E-state index is -0.611. The number of hydrogen-bond donors (Lipinski definition) is 2. The summed E-state index contributed by atoms with van der Waals surface area (Å²) in [5.74, 6) is -0.617. The standard InChI is InChI=1S/C12H14BrFN2O/c1-2-3-11(15)12(17)16-7-8-6-9(14)4-5-10(8)13/h2,4-6,11H,1,3,7,15H2,(H,16,17). The fourth-order valence-corrected chi connectivity index (χ4v) is 1.67. The van der Waals surface area contributed by atoms with E-state index in [4.69, 9.17) is 5.73 Å². The zero-order valence-electron chi connectivity index (χ0n) is 9.25. The van der Waals surface area contributed by atoms with Crippen LogP contribution < -0.4 is 11.1 Å². The number of carbonyl (C=O) groups is 1. The van der Waals surface area contributed by atoms with Gasteiger partial charge >= 0.3 is 0 Å². The van der Waals surface area contributed by atoms with E-state index in [2.05, 4.69) is 27.8 Å². The summed E-state index contributed by atoms with van der Waals surface area (Å²) in [7, 11) is 0.